The Kier molecular flexibility index (Phi) is 7.09. The summed E-state index contributed by atoms with van der Waals surface area (Å²) in [5.41, 5.74) is 5.27. The molecule has 3 aromatic carbocycles. The second-order valence-corrected chi connectivity index (χ2v) is 6.40. The van der Waals surface area contributed by atoms with E-state index in [4.69, 9.17) is 17.0 Å². The lowest BCUT2D eigenvalue weighted by molar-refractivity contribution is 0.300. The molecule has 2 N–H and O–H groups in total. The van der Waals surface area contributed by atoms with Gasteiger partial charge in [0.25, 0.3) is 0 Å². The number of nitrogens with one attached hydrogen (secondary N) is 2. The van der Waals surface area contributed by atoms with Gasteiger partial charge in [0.05, 0.1) is 6.21 Å². The van der Waals surface area contributed by atoms with Crippen molar-refractivity contribution in [2.75, 3.05) is 0 Å². The number of hydrogen-bond donors (Lipinski definition) is 2. The van der Waals surface area contributed by atoms with E-state index in [2.05, 4.69) is 15.8 Å². The molecular formula is C22H20FN3OS. The third kappa shape index (κ3) is 6.17. The molecule has 0 saturated heterocycles. The minimum Gasteiger partial charge on any atom is -0.489 e. The van der Waals surface area contributed by atoms with Crippen LogP contribution in [0.4, 0.5) is 4.39 Å². The number of halogens is 1. The molecule has 0 fully saturated rings. The third-order valence-corrected chi connectivity index (χ3v) is 4.12. The number of thiocarbonyl (C=S) groups is 1. The predicted octanol–water partition coefficient (Wildman–Crippen LogP) is 4.40. The largest absolute Gasteiger partial charge is 0.489 e. The molecule has 0 aliphatic carbocycles. The monoisotopic (exact) mass is 393 g/mol. The summed E-state index contributed by atoms with van der Waals surface area (Å²) in [5.74, 6) is 0.359. The standard InChI is InChI=1S/C22H20FN3OS/c23-21-12-5-4-10-19(21)16-27-20-11-6-9-18(13-20)15-25-26-22(28)24-14-17-7-2-1-3-8-17/h1-13,15H,14,16H2,(H2,24,26,28)/b25-15-. The van der Waals surface area contributed by atoms with Crippen molar-refractivity contribution in [3.05, 3.63) is 101 Å². The Morgan fingerprint density at radius 2 is 1.79 bits per heavy atom. The van der Waals surface area contributed by atoms with Crippen LogP contribution in [0.3, 0.4) is 0 Å². The number of rotatable bonds is 7. The molecule has 3 aromatic rings. The Morgan fingerprint density at radius 3 is 2.61 bits per heavy atom. The van der Waals surface area contributed by atoms with Crippen LogP contribution in [0.25, 0.3) is 0 Å². The summed E-state index contributed by atoms with van der Waals surface area (Å²) in [6.07, 6.45) is 1.65. The molecule has 0 unspecified atom stereocenters. The van der Waals surface area contributed by atoms with Crippen LogP contribution in [0, 0.1) is 5.82 Å². The van der Waals surface area contributed by atoms with Gasteiger partial charge in [0.15, 0.2) is 5.11 Å². The molecule has 0 saturated carbocycles. The highest BCUT2D eigenvalue weighted by molar-refractivity contribution is 7.80. The lowest BCUT2D eigenvalue weighted by Gasteiger charge is -2.08. The van der Waals surface area contributed by atoms with E-state index in [9.17, 15) is 4.39 Å². The lowest BCUT2D eigenvalue weighted by atomic mass is 10.2. The molecule has 0 aliphatic heterocycles. The van der Waals surface area contributed by atoms with Crippen molar-refractivity contribution in [2.24, 2.45) is 5.10 Å². The van der Waals surface area contributed by atoms with E-state index in [1.54, 1.807) is 24.4 Å². The Hall–Kier alpha value is -3.25. The Labute approximate surface area is 169 Å². The highest BCUT2D eigenvalue weighted by atomic mass is 32.1. The fourth-order valence-corrected chi connectivity index (χ4v) is 2.57. The van der Waals surface area contributed by atoms with E-state index in [1.807, 2.05) is 54.6 Å². The molecule has 6 heteroatoms. The van der Waals surface area contributed by atoms with Crippen molar-refractivity contribution in [3.63, 3.8) is 0 Å². The molecule has 0 aromatic heterocycles. The summed E-state index contributed by atoms with van der Waals surface area (Å²) in [7, 11) is 0. The number of hydrogen-bond acceptors (Lipinski definition) is 3. The van der Waals surface area contributed by atoms with Crippen LogP contribution in [0.15, 0.2) is 84.0 Å². The van der Waals surface area contributed by atoms with Gasteiger partial charge in [-0.1, -0.05) is 60.7 Å². The quantitative estimate of drug-likeness (QED) is 0.355. The highest BCUT2D eigenvalue weighted by Crippen LogP contribution is 2.15. The Bertz CT molecular complexity index is 947. The van der Waals surface area contributed by atoms with Gasteiger partial charge in [0.1, 0.15) is 18.2 Å². The third-order valence-electron chi connectivity index (χ3n) is 3.89. The van der Waals surface area contributed by atoms with Crippen LogP contribution in [0.2, 0.25) is 0 Å². The van der Waals surface area contributed by atoms with Gasteiger partial charge in [-0.2, -0.15) is 5.10 Å². The summed E-state index contributed by atoms with van der Waals surface area (Å²) in [6.45, 7) is 0.792. The van der Waals surface area contributed by atoms with Crippen LogP contribution >= 0.6 is 12.2 Å². The van der Waals surface area contributed by atoms with E-state index in [0.29, 0.717) is 23.0 Å². The van der Waals surface area contributed by atoms with Gasteiger partial charge in [-0.15, -0.1) is 0 Å². The van der Waals surface area contributed by atoms with Gasteiger partial charge < -0.3 is 10.1 Å². The molecule has 28 heavy (non-hydrogen) atoms. The van der Waals surface area contributed by atoms with Gasteiger partial charge in [-0.3, -0.25) is 5.43 Å². The number of nitrogens with zero attached hydrogens (tertiary/aromatic N) is 1. The molecule has 0 bridgehead atoms. The molecule has 4 nitrogen and oxygen atoms in total. The maximum absolute atomic E-state index is 13.7. The smallest absolute Gasteiger partial charge is 0.187 e. The van der Waals surface area contributed by atoms with E-state index in [-0.39, 0.29) is 12.4 Å². The SMILES string of the molecule is Fc1ccccc1COc1cccc(/C=N\NC(=S)NCc2ccccc2)c1. The molecule has 0 aliphatic rings. The van der Waals surface area contributed by atoms with Crippen molar-refractivity contribution < 1.29 is 9.13 Å². The van der Waals surface area contributed by atoms with Crippen molar-refractivity contribution >= 4 is 23.5 Å². The normalized spacial score (nSPS) is 10.6. The molecule has 3 rings (SSSR count). The van der Waals surface area contributed by atoms with E-state index in [1.165, 1.54) is 6.07 Å². The maximum Gasteiger partial charge on any atom is 0.187 e. The van der Waals surface area contributed by atoms with E-state index in [0.717, 1.165) is 11.1 Å². The van der Waals surface area contributed by atoms with Crippen LogP contribution in [-0.2, 0) is 13.2 Å². The Balaban J connectivity index is 1.48. The van der Waals surface area contributed by atoms with Crippen LogP contribution in [0.1, 0.15) is 16.7 Å². The van der Waals surface area contributed by atoms with Gasteiger partial charge in [0, 0.05) is 12.1 Å². The lowest BCUT2D eigenvalue weighted by Crippen LogP contribution is -2.31. The van der Waals surface area contributed by atoms with Gasteiger partial charge in [-0.05, 0) is 41.5 Å². The molecule has 0 amide bonds. The summed E-state index contributed by atoms with van der Waals surface area (Å²) in [4.78, 5) is 0. The highest BCUT2D eigenvalue weighted by Gasteiger charge is 2.02. The zero-order valence-electron chi connectivity index (χ0n) is 15.1. The van der Waals surface area contributed by atoms with Gasteiger partial charge >= 0.3 is 0 Å². The van der Waals surface area contributed by atoms with Crippen LogP contribution in [-0.4, -0.2) is 11.3 Å². The molecule has 0 radical (unpaired) electrons. The van der Waals surface area contributed by atoms with Crippen LogP contribution < -0.4 is 15.5 Å². The maximum atomic E-state index is 13.7. The van der Waals surface area contributed by atoms with Crippen molar-refractivity contribution in [1.82, 2.24) is 10.7 Å². The second-order valence-electron chi connectivity index (χ2n) is 5.99. The first-order valence-electron chi connectivity index (χ1n) is 8.78. The molecule has 0 atom stereocenters. The molecule has 142 valence electrons. The summed E-state index contributed by atoms with van der Waals surface area (Å²) >= 11 is 5.21. The fourth-order valence-electron chi connectivity index (χ4n) is 2.44. The van der Waals surface area contributed by atoms with Gasteiger partial charge in [0.2, 0.25) is 0 Å². The first kappa shape index (κ1) is 19.5. The predicted molar refractivity (Wildman–Crippen MR) is 114 cm³/mol. The number of hydrazone groups is 1. The van der Waals surface area contributed by atoms with E-state index < -0.39 is 0 Å². The number of benzene rings is 3. The van der Waals surface area contributed by atoms with E-state index >= 15 is 0 Å². The zero-order chi connectivity index (χ0) is 19.6. The van der Waals surface area contributed by atoms with Crippen LogP contribution in [0.5, 0.6) is 5.75 Å². The summed E-state index contributed by atoms with van der Waals surface area (Å²) in [6, 6.07) is 23.9. The first-order valence-corrected chi connectivity index (χ1v) is 9.18. The topological polar surface area (TPSA) is 45.6 Å². The minimum absolute atomic E-state index is 0.166. The number of ether oxygens (including phenoxy) is 1. The summed E-state index contributed by atoms with van der Waals surface area (Å²) < 4.78 is 19.3. The minimum atomic E-state index is -0.277. The first-order chi connectivity index (χ1) is 13.7. The van der Waals surface area contributed by atoms with Gasteiger partial charge in [-0.25, -0.2) is 4.39 Å². The Morgan fingerprint density at radius 1 is 1.00 bits per heavy atom. The molecular weight excluding hydrogens is 373 g/mol. The van der Waals surface area contributed by atoms with Crippen molar-refractivity contribution in [1.29, 1.82) is 0 Å². The molecule has 0 spiro atoms. The molecule has 0 heterocycles. The van der Waals surface area contributed by atoms with Crippen molar-refractivity contribution in [2.45, 2.75) is 13.2 Å². The summed E-state index contributed by atoms with van der Waals surface area (Å²) in [5, 5.41) is 7.66. The van der Waals surface area contributed by atoms with Crippen molar-refractivity contribution in [3.8, 4) is 5.75 Å². The second kappa shape index (κ2) is 10.2. The zero-order valence-corrected chi connectivity index (χ0v) is 16.0. The average molecular weight is 393 g/mol. The average Bonchev–Trinajstić information content (AvgIpc) is 2.73. The fraction of sp³-hybridized carbons (Fsp3) is 0.0909.